The second-order valence-electron chi connectivity index (χ2n) is 15.3. The number of benzene rings is 6. The lowest BCUT2D eigenvalue weighted by Crippen LogP contribution is -2.15. The lowest BCUT2D eigenvalue weighted by molar-refractivity contribution is 0.658. The van der Waals surface area contributed by atoms with E-state index in [0.29, 0.717) is 0 Å². The molecule has 0 amide bonds. The van der Waals surface area contributed by atoms with Crippen LogP contribution in [0.2, 0.25) is 0 Å². The summed E-state index contributed by atoms with van der Waals surface area (Å²) in [5.74, 6) is 0. The van der Waals surface area contributed by atoms with Gasteiger partial charge >= 0.3 is 0 Å². The Morgan fingerprint density at radius 3 is 1.80 bits per heavy atom. The number of nitrogens with zero attached hydrogens (tertiary/aromatic N) is 2. The minimum absolute atomic E-state index is 0.0326. The minimum Gasteiger partial charge on any atom is -0.254 e. The standard InChI is InChI=1S/C48H34N2S/c1-47(2)35-17-10-9-16-33(35)43-36(47)20-22-40-44(43)34-24-27(19-21-39(34)51-40)41-29-12-5-7-14-31(29)42(32-15-8-6-13-30(32)41)28-25-38-46(50-26-28)45-37(48(38,3)4)18-11-23-49-45/h5-26H,1-4H3. The molecule has 0 bridgehead atoms. The van der Waals surface area contributed by atoms with Crippen LogP contribution in [0.3, 0.4) is 0 Å². The van der Waals surface area contributed by atoms with E-state index in [1.54, 1.807) is 0 Å². The molecule has 0 fully saturated rings. The summed E-state index contributed by atoms with van der Waals surface area (Å²) in [7, 11) is 0. The van der Waals surface area contributed by atoms with Crippen LogP contribution < -0.4 is 0 Å². The molecule has 51 heavy (non-hydrogen) atoms. The van der Waals surface area contributed by atoms with E-state index in [4.69, 9.17) is 9.97 Å². The summed E-state index contributed by atoms with van der Waals surface area (Å²) in [5, 5.41) is 7.72. The number of rotatable bonds is 2. The van der Waals surface area contributed by atoms with Gasteiger partial charge in [0, 0.05) is 49.0 Å². The molecule has 0 saturated heterocycles. The average Bonchev–Trinajstić information content (AvgIpc) is 3.73. The van der Waals surface area contributed by atoms with Crippen molar-refractivity contribution in [2.45, 2.75) is 38.5 Å². The minimum atomic E-state index is -0.178. The second-order valence-corrected chi connectivity index (χ2v) is 16.4. The average molecular weight is 671 g/mol. The highest BCUT2D eigenvalue weighted by atomic mass is 32.1. The van der Waals surface area contributed by atoms with Crippen LogP contribution in [0.4, 0.5) is 0 Å². The predicted molar refractivity (Wildman–Crippen MR) is 216 cm³/mol. The summed E-state index contributed by atoms with van der Waals surface area (Å²) in [6, 6.07) is 45.4. The quantitative estimate of drug-likeness (QED) is 0.171. The second kappa shape index (κ2) is 9.99. The first-order valence-electron chi connectivity index (χ1n) is 17.8. The van der Waals surface area contributed by atoms with Crippen LogP contribution in [0, 0.1) is 0 Å². The number of fused-ring (bicyclic) bond motifs is 12. The summed E-state index contributed by atoms with van der Waals surface area (Å²) in [6.45, 7) is 9.33. The number of thiophene rings is 1. The normalized spacial score (nSPS) is 15.0. The van der Waals surface area contributed by atoms with Crippen molar-refractivity contribution in [1.29, 1.82) is 0 Å². The van der Waals surface area contributed by atoms with Gasteiger partial charge in [-0.05, 0) is 102 Å². The van der Waals surface area contributed by atoms with Crippen molar-refractivity contribution >= 4 is 53.1 Å². The van der Waals surface area contributed by atoms with Gasteiger partial charge in [0.25, 0.3) is 0 Å². The Kier molecular flexibility index (Phi) is 5.71. The van der Waals surface area contributed by atoms with Gasteiger partial charge in [0.15, 0.2) is 0 Å². The maximum Gasteiger partial charge on any atom is 0.0930 e. The molecule has 11 rings (SSSR count). The molecule has 0 saturated carbocycles. The number of pyridine rings is 2. The smallest absolute Gasteiger partial charge is 0.0930 e. The van der Waals surface area contributed by atoms with Gasteiger partial charge in [-0.3, -0.25) is 9.97 Å². The highest BCUT2D eigenvalue weighted by Crippen LogP contribution is 2.55. The molecule has 0 radical (unpaired) electrons. The van der Waals surface area contributed by atoms with Crippen LogP contribution in [0.1, 0.15) is 49.9 Å². The van der Waals surface area contributed by atoms with E-state index in [1.165, 1.54) is 91.8 Å². The summed E-state index contributed by atoms with van der Waals surface area (Å²) in [6.07, 6.45) is 3.94. The molecular formula is C48H34N2S. The summed E-state index contributed by atoms with van der Waals surface area (Å²) in [5.41, 5.74) is 14.8. The zero-order valence-electron chi connectivity index (χ0n) is 29.0. The Morgan fingerprint density at radius 1 is 0.451 bits per heavy atom. The van der Waals surface area contributed by atoms with Crippen molar-refractivity contribution < 1.29 is 0 Å². The van der Waals surface area contributed by atoms with E-state index in [-0.39, 0.29) is 10.8 Å². The molecule has 9 aromatic rings. The van der Waals surface area contributed by atoms with Gasteiger partial charge in [-0.2, -0.15) is 0 Å². The number of hydrogen-bond donors (Lipinski definition) is 0. The van der Waals surface area contributed by atoms with Gasteiger partial charge in [0.2, 0.25) is 0 Å². The Labute approximate surface area is 301 Å². The molecule has 2 aliphatic rings. The third-order valence-corrected chi connectivity index (χ3v) is 13.1. The van der Waals surface area contributed by atoms with Crippen LogP contribution in [-0.4, -0.2) is 9.97 Å². The van der Waals surface area contributed by atoms with Crippen LogP contribution in [0.25, 0.3) is 86.5 Å². The van der Waals surface area contributed by atoms with Crippen LogP contribution in [-0.2, 0) is 10.8 Å². The zero-order chi connectivity index (χ0) is 34.2. The van der Waals surface area contributed by atoms with Crippen molar-refractivity contribution in [2.75, 3.05) is 0 Å². The molecule has 0 unspecified atom stereocenters. The largest absolute Gasteiger partial charge is 0.254 e. The van der Waals surface area contributed by atoms with Crippen molar-refractivity contribution in [3.63, 3.8) is 0 Å². The fourth-order valence-corrected chi connectivity index (χ4v) is 10.6. The van der Waals surface area contributed by atoms with Crippen LogP contribution in [0.5, 0.6) is 0 Å². The van der Waals surface area contributed by atoms with Gasteiger partial charge in [-0.25, -0.2) is 0 Å². The fourth-order valence-electron chi connectivity index (χ4n) is 9.48. The maximum absolute atomic E-state index is 5.12. The Bertz CT molecular complexity index is 2920. The summed E-state index contributed by atoms with van der Waals surface area (Å²) in [4.78, 5) is 9.87. The van der Waals surface area contributed by atoms with Gasteiger partial charge in [-0.15, -0.1) is 11.3 Å². The highest BCUT2D eigenvalue weighted by Gasteiger charge is 2.38. The molecular weight excluding hydrogens is 637 g/mol. The molecule has 0 spiro atoms. The summed E-state index contributed by atoms with van der Waals surface area (Å²) < 4.78 is 2.68. The molecule has 6 aromatic carbocycles. The van der Waals surface area contributed by atoms with E-state index < -0.39 is 0 Å². The lowest BCUT2D eigenvalue weighted by atomic mass is 9.81. The molecule has 3 heteroatoms. The first-order chi connectivity index (χ1) is 24.8. The van der Waals surface area contributed by atoms with E-state index in [0.717, 1.165) is 17.0 Å². The Balaban J connectivity index is 1.18. The van der Waals surface area contributed by atoms with Crippen LogP contribution >= 0.6 is 11.3 Å². The van der Waals surface area contributed by atoms with E-state index in [1.807, 2.05) is 23.6 Å². The van der Waals surface area contributed by atoms with Gasteiger partial charge in [0.1, 0.15) is 0 Å². The molecule has 242 valence electrons. The topological polar surface area (TPSA) is 25.8 Å². The van der Waals surface area contributed by atoms with Crippen LogP contribution in [0.15, 0.2) is 134 Å². The SMILES string of the molecule is CC1(C)c2cccnc2-c2ncc(-c3c4ccccc4c(-c4ccc5sc6ccc7c(c6c5c4)-c4ccccc4C7(C)C)c4ccccc34)cc21. The molecule has 2 aliphatic carbocycles. The van der Waals surface area contributed by atoms with Gasteiger partial charge in [-0.1, -0.05) is 119 Å². The molecule has 2 nitrogen and oxygen atoms in total. The maximum atomic E-state index is 5.12. The number of hydrogen-bond acceptors (Lipinski definition) is 3. The van der Waals surface area contributed by atoms with Crippen molar-refractivity contribution in [3.05, 3.63) is 156 Å². The first-order valence-corrected chi connectivity index (χ1v) is 18.6. The highest BCUT2D eigenvalue weighted by molar-refractivity contribution is 7.26. The van der Waals surface area contributed by atoms with Gasteiger partial charge in [0.05, 0.1) is 11.4 Å². The van der Waals surface area contributed by atoms with Crippen molar-refractivity contribution in [1.82, 2.24) is 9.97 Å². The first kappa shape index (κ1) is 29.1. The predicted octanol–water partition coefficient (Wildman–Crippen LogP) is 13.1. The van der Waals surface area contributed by atoms with Crippen molar-refractivity contribution in [2.24, 2.45) is 0 Å². The molecule has 0 N–H and O–H groups in total. The van der Waals surface area contributed by atoms with Crippen molar-refractivity contribution in [3.8, 4) is 44.8 Å². The molecule has 0 atom stereocenters. The third-order valence-electron chi connectivity index (χ3n) is 12.0. The molecule has 3 heterocycles. The van der Waals surface area contributed by atoms with E-state index in [2.05, 4.69) is 149 Å². The monoisotopic (exact) mass is 670 g/mol. The van der Waals surface area contributed by atoms with E-state index >= 15 is 0 Å². The summed E-state index contributed by atoms with van der Waals surface area (Å²) >= 11 is 1.91. The Hall–Kier alpha value is -5.64. The number of aromatic nitrogens is 2. The molecule has 3 aromatic heterocycles. The fraction of sp³-hybridized carbons (Fsp3) is 0.125. The van der Waals surface area contributed by atoms with E-state index in [9.17, 15) is 0 Å². The van der Waals surface area contributed by atoms with Gasteiger partial charge < -0.3 is 0 Å². The molecule has 0 aliphatic heterocycles. The lowest BCUT2D eigenvalue weighted by Gasteiger charge is -2.22. The Morgan fingerprint density at radius 2 is 1.06 bits per heavy atom. The third kappa shape index (κ3) is 3.77. The zero-order valence-corrected chi connectivity index (χ0v) is 29.8.